The van der Waals surface area contributed by atoms with Gasteiger partial charge in [-0.15, -0.1) is 0 Å². The molecular formula is C89H100BN3. The summed E-state index contributed by atoms with van der Waals surface area (Å²) in [5.74, 6) is 0. The molecule has 0 saturated heterocycles. The number of nitrogens with zero attached hydrogens (tertiary/aromatic N) is 3. The van der Waals surface area contributed by atoms with Gasteiger partial charge in [-0.05, 0) is 215 Å². The van der Waals surface area contributed by atoms with Crippen molar-refractivity contribution in [3.05, 3.63) is 231 Å². The molecule has 3 heterocycles. The quantitative estimate of drug-likeness (QED) is 0.159. The molecule has 2 unspecified atom stereocenters. The summed E-state index contributed by atoms with van der Waals surface area (Å²) in [5, 5.41) is 0. The lowest BCUT2D eigenvalue weighted by molar-refractivity contribution is 0.195. The number of hydrogen-bond donors (Lipinski definition) is 0. The Kier molecular flexibility index (Phi) is 13.4. The molecular weight excluding hydrogens is 1120 g/mol. The van der Waals surface area contributed by atoms with Crippen molar-refractivity contribution >= 4 is 68.6 Å². The third kappa shape index (κ3) is 9.08. The lowest BCUT2D eigenvalue weighted by Crippen LogP contribution is -2.62. The summed E-state index contributed by atoms with van der Waals surface area (Å²) in [7, 11) is 0. The fourth-order valence-corrected chi connectivity index (χ4v) is 18.5. The van der Waals surface area contributed by atoms with Gasteiger partial charge in [0.2, 0.25) is 0 Å². The summed E-state index contributed by atoms with van der Waals surface area (Å²) in [6.07, 6.45) is 6.95. The Morgan fingerprint density at radius 1 is 0.355 bits per heavy atom. The fourth-order valence-electron chi connectivity index (χ4n) is 18.5. The first-order chi connectivity index (χ1) is 43.6. The van der Waals surface area contributed by atoms with Crippen LogP contribution in [0.25, 0.3) is 22.3 Å². The van der Waals surface area contributed by atoms with Crippen LogP contribution in [0.4, 0.5) is 45.5 Å². The molecule has 9 aromatic rings. The molecule has 0 N–H and O–H groups in total. The van der Waals surface area contributed by atoms with Crippen molar-refractivity contribution in [2.45, 2.75) is 226 Å². The van der Waals surface area contributed by atoms with Crippen LogP contribution in [-0.4, -0.2) is 12.3 Å². The molecule has 15 rings (SSSR count). The zero-order valence-electron chi connectivity index (χ0n) is 59.8. The van der Waals surface area contributed by atoms with E-state index in [1.165, 1.54) is 165 Å². The van der Waals surface area contributed by atoms with Gasteiger partial charge in [0.15, 0.2) is 0 Å². The smallest absolute Gasteiger partial charge is 0.252 e. The SMILES string of the molecule is Cc1cc2c(cc1N1c3cc(C(C)(C)C)ccc3B3c4cc5c(cc4N(c4ccc(C(C)(C)C)cc4-c4ccccc4)c4cc(N6c7ccc(-c8ccc(C(C)(C)C)cc8)cc7C7(C)CCCCC67C)cc1c43)C(C)(C)c1ccccc1C5(C)C)C(C)(C)CCC2(C)C. The lowest BCUT2D eigenvalue weighted by atomic mass is 9.33. The summed E-state index contributed by atoms with van der Waals surface area (Å²) in [6, 6.07) is 68.9. The van der Waals surface area contributed by atoms with Crippen LogP contribution < -0.4 is 31.1 Å². The van der Waals surface area contributed by atoms with Crippen molar-refractivity contribution in [3.8, 4) is 22.3 Å². The highest BCUT2D eigenvalue weighted by Gasteiger charge is 2.59. The number of hydrogen-bond acceptors (Lipinski definition) is 3. The molecule has 3 aliphatic carbocycles. The van der Waals surface area contributed by atoms with E-state index in [9.17, 15) is 0 Å². The van der Waals surface area contributed by atoms with Gasteiger partial charge in [0.1, 0.15) is 0 Å². The van der Waals surface area contributed by atoms with Crippen molar-refractivity contribution < 1.29 is 0 Å². The van der Waals surface area contributed by atoms with E-state index in [1.807, 2.05) is 0 Å². The fraction of sp³-hybridized carbons (Fsp3) is 0.393. The summed E-state index contributed by atoms with van der Waals surface area (Å²) in [6.45, 7) is 48.8. The molecule has 0 amide bonds. The van der Waals surface area contributed by atoms with Crippen LogP contribution in [0, 0.1) is 6.92 Å². The van der Waals surface area contributed by atoms with Gasteiger partial charge in [-0.3, -0.25) is 0 Å². The number of fused-ring (bicyclic) bond motifs is 10. The highest BCUT2D eigenvalue weighted by molar-refractivity contribution is 7.00. The second-order valence-corrected chi connectivity index (χ2v) is 35.3. The normalized spacial score (nSPS) is 21.0. The van der Waals surface area contributed by atoms with Gasteiger partial charge >= 0.3 is 0 Å². The molecule has 474 valence electrons. The first-order valence-electron chi connectivity index (χ1n) is 35.3. The van der Waals surface area contributed by atoms with E-state index >= 15 is 0 Å². The van der Waals surface area contributed by atoms with Gasteiger partial charge in [0.05, 0.1) is 11.2 Å². The second kappa shape index (κ2) is 20.2. The van der Waals surface area contributed by atoms with Crippen LogP contribution in [0.5, 0.6) is 0 Å². The molecule has 6 aliphatic rings. The maximum absolute atomic E-state index is 2.88. The highest BCUT2D eigenvalue weighted by atomic mass is 15.3. The molecule has 3 nitrogen and oxygen atoms in total. The van der Waals surface area contributed by atoms with Crippen molar-refractivity contribution in [1.29, 1.82) is 0 Å². The predicted octanol–water partition coefficient (Wildman–Crippen LogP) is 22.4. The Morgan fingerprint density at radius 3 is 1.48 bits per heavy atom. The van der Waals surface area contributed by atoms with Crippen LogP contribution in [0.2, 0.25) is 0 Å². The van der Waals surface area contributed by atoms with Gasteiger partial charge < -0.3 is 14.7 Å². The average molecular weight is 1220 g/mol. The Labute approximate surface area is 559 Å². The van der Waals surface area contributed by atoms with E-state index in [2.05, 4.69) is 323 Å². The minimum Gasteiger partial charge on any atom is -0.334 e. The van der Waals surface area contributed by atoms with Crippen LogP contribution in [0.15, 0.2) is 170 Å². The van der Waals surface area contributed by atoms with E-state index in [-0.39, 0.29) is 55.6 Å². The molecule has 93 heavy (non-hydrogen) atoms. The van der Waals surface area contributed by atoms with Gasteiger partial charge in [-0.25, -0.2) is 0 Å². The van der Waals surface area contributed by atoms with Crippen molar-refractivity contribution in [1.82, 2.24) is 0 Å². The van der Waals surface area contributed by atoms with Crippen molar-refractivity contribution in [3.63, 3.8) is 0 Å². The van der Waals surface area contributed by atoms with E-state index in [1.54, 1.807) is 0 Å². The Hall–Kier alpha value is -7.56. The maximum Gasteiger partial charge on any atom is 0.252 e. The number of aryl methyl sites for hydroxylation is 1. The minimum absolute atomic E-state index is 0.00312. The monoisotopic (exact) mass is 1220 g/mol. The number of rotatable bonds is 5. The Balaban J connectivity index is 1.10. The van der Waals surface area contributed by atoms with Crippen molar-refractivity contribution in [2.75, 3.05) is 14.7 Å². The second-order valence-electron chi connectivity index (χ2n) is 35.3. The molecule has 0 spiro atoms. The number of benzene rings is 9. The topological polar surface area (TPSA) is 9.72 Å². The van der Waals surface area contributed by atoms with E-state index in [4.69, 9.17) is 0 Å². The molecule has 0 radical (unpaired) electrons. The molecule has 3 aliphatic heterocycles. The predicted molar refractivity (Wildman–Crippen MR) is 401 cm³/mol. The van der Waals surface area contributed by atoms with Crippen LogP contribution in [-0.2, 0) is 43.3 Å². The van der Waals surface area contributed by atoms with E-state index in [0.717, 1.165) is 19.3 Å². The number of anilines is 8. The third-order valence-corrected chi connectivity index (χ3v) is 24.7. The summed E-state index contributed by atoms with van der Waals surface area (Å²) >= 11 is 0. The maximum atomic E-state index is 2.88. The van der Waals surface area contributed by atoms with Crippen molar-refractivity contribution in [2.24, 2.45) is 0 Å². The summed E-state index contributed by atoms with van der Waals surface area (Å²) in [5.41, 5.74) is 33.8. The molecule has 1 fully saturated rings. The zero-order chi connectivity index (χ0) is 65.9. The zero-order valence-corrected chi connectivity index (χ0v) is 59.8. The first kappa shape index (κ1) is 61.6. The molecule has 0 bridgehead atoms. The van der Waals surface area contributed by atoms with Gasteiger partial charge in [0, 0.05) is 61.6 Å². The average Bonchev–Trinajstić information content (AvgIpc) is 1.68. The Bertz CT molecular complexity index is 4570. The lowest BCUT2D eigenvalue weighted by Gasteiger charge is -2.51. The highest BCUT2D eigenvalue weighted by Crippen LogP contribution is 2.63. The third-order valence-electron chi connectivity index (χ3n) is 24.7. The standard InChI is InChI=1S/C89H100BN3/c1-55-46-66-67(85(13,14)45-44-84(66,11)12)53-75(55)92-76-49-61(83(8,9)10)37-39-71(76)90-72-52-68-69(87(17,18)65-31-25-24-30-64(65)86(68,15)16)54-77(72)91(73-41-38-60(82(5,6)7)48-63(73)57-28-22-21-23-29-57)78-50-62(51-79(92)80(78)90)93-74-40-34-58(56-32-35-59(36-33-56)81(2,3)4)47-70(74)88(19)42-26-27-43-89(88,93)20/h21-25,28-41,46-54H,26-27,42-45H2,1-20H3. The summed E-state index contributed by atoms with van der Waals surface area (Å²) in [4.78, 5) is 8.47. The first-order valence-corrected chi connectivity index (χ1v) is 35.3. The van der Waals surface area contributed by atoms with Gasteiger partial charge in [-0.1, -0.05) is 253 Å². The molecule has 0 aromatic heterocycles. The van der Waals surface area contributed by atoms with E-state index < -0.39 is 0 Å². The Morgan fingerprint density at radius 2 is 0.860 bits per heavy atom. The van der Waals surface area contributed by atoms with Crippen LogP contribution in [0.3, 0.4) is 0 Å². The molecule has 4 heteroatoms. The van der Waals surface area contributed by atoms with Gasteiger partial charge in [-0.2, -0.15) is 0 Å². The molecule has 1 saturated carbocycles. The minimum atomic E-state index is -0.282. The molecule has 9 aromatic carbocycles. The molecule has 2 atom stereocenters. The largest absolute Gasteiger partial charge is 0.334 e. The van der Waals surface area contributed by atoms with Gasteiger partial charge in [0.25, 0.3) is 6.71 Å². The van der Waals surface area contributed by atoms with E-state index in [0.29, 0.717) is 0 Å². The van der Waals surface area contributed by atoms with Crippen LogP contribution in [0.1, 0.15) is 231 Å². The summed E-state index contributed by atoms with van der Waals surface area (Å²) < 4.78 is 0. The van der Waals surface area contributed by atoms with Crippen LogP contribution >= 0.6 is 0 Å².